The Kier molecular flexibility index (Phi) is 4.97. The molecule has 0 aliphatic carbocycles. The summed E-state index contributed by atoms with van der Waals surface area (Å²) in [4.78, 5) is 11.0. The third kappa shape index (κ3) is 3.46. The first-order chi connectivity index (χ1) is 8.10. The van der Waals surface area contributed by atoms with Gasteiger partial charge in [0.2, 0.25) is 0 Å². The normalized spacial score (nSPS) is 14.1. The molecule has 94 valence electrons. The summed E-state index contributed by atoms with van der Waals surface area (Å²) in [6.45, 7) is 3.78. The molecule has 0 fully saturated rings. The molecule has 0 bridgehead atoms. The molecule has 1 aromatic carbocycles. The van der Waals surface area contributed by atoms with Gasteiger partial charge in [0.15, 0.2) is 0 Å². The zero-order valence-corrected chi connectivity index (χ0v) is 10.4. The molecule has 0 spiro atoms. The van der Waals surface area contributed by atoms with Crippen LogP contribution < -0.4 is 10.1 Å². The SMILES string of the molecule is CCC(N[C@@H](C)c1ccccc1OC)C(=O)O. The van der Waals surface area contributed by atoms with Crippen LogP contribution in [0.2, 0.25) is 0 Å². The smallest absolute Gasteiger partial charge is 0.320 e. The first kappa shape index (κ1) is 13.5. The Hall–Kier alpha value is -1.55. The van der Waals surface area contributed by atoms with Crippen LogP contribution >= 0.6 is 0 Å². The van der Waals surface area contributed by atoms with Gasteiger partial charge in [-0.05, 0) is 19.4 Å². The van der Waals surface area contributed by atoms with Crippen LogP contribution in [0.5, 0.6) is 5.75 Å². The van der Waals surface area contributed by atoms with E-state index in [4.69, 9.17) is 9.84 Å². The highest BCUT2D eigenvalue weighted by Gasteiger charge is 2.19. The van der Waals surface area contributed by atoms with Crippen LogP contribution in [0.3, 0.4) is 0 Å². The molecule has 0 saturated carbocycles. The summed E-state index contributed by atoms with van der Waals surface area (Å²) >= 11 is 0. The number of carbonyl (C=O) groups is 1. The molecule has 1 unspecified atom stereocenters. The zero-order valence-electron chi connectivity index (χ0n) is 10.4. The lowest BCUT2D eigenvalue weighted by atomic mass is 10.1. The highest BCUT2D eigenvalue weighted by atomic mass is 16.5. The Morgan fingerprint density at radius 2 is 2.12 bits per heavy atom. The van der Waals surface area contributed by atoms with Crippen molar-refractivity contribution < 1.29 is 14.6 Å². The maximum absolute atomic E-state index is 11.0. The second-order valence-electron chi connectivity index (χ2n) is 3.93. The molecule has 0 heterocycles. The minimum absolute atomic E-state index is 0.0628. The minimum Gasteiger partial charge on any atom is -0.496 e. The van der Waals surface area contributed by atoms with Gasteiger partial charge < -0.3 is 9.84 Å². The molecule has 17 heavy (non-hydrogen) atoms. The summed E-state index contributed by atoms with van der Waals surface area (Å²) in [5.74, 6) is -0.0537. The Balaban J connectivity index is 2.81. The molecule has 0 amide bonds. The molecule has 4 nitrogen and oxygen atoms in total. The predicted octanol–water partition coefficient (Wildman–Crippen LogP) is 2.21. The maximum atomic E-state index is 11.0. The van der Waals surface area contributed by atoms with Gasteiger partial charge in [0, 0.05) is 11.6 Å². The highest BCUT2D eigenvalue weighted by Crippen LogP contribution is 2.24. The van der Waals surface area contributed by atoms with Gasteiger partial charge in [-0.1, -0.05) is 25.1 Å². The first-order valence-corrected chi connectivity index (χ1v) is 5.71. The van der Waals surface area contributed by atoms with Crippen molar-refractivity contribution in [1.29, 1.82) is 0 Å². The Morgan fingerprint density at radius 1 is 1.47 bits per heavy atom. The topological polar surface area (TPSA) is 58.6 Å². The highest BCUT2D eigenvalue weighted by molar-refractivity contribution is 5.73. The Bertz CT molecular complexity index is 379. The monoisotopic (exact) mass is 237 g/mol. The van der Waals surface area contributed by atoms with Gasteiger partial charge in [0.25, 0.3) is 0 Å². The van der Waals surface area contributed by atoms with Gasteiger partial charge >= 0.3 is 5.97 Å². The molecule has 2 N–H and O–H groups in total. The number of nitrogens with one attached hydrogen (secondary N) is 1. The van der Waals surface area contributed by atoms with Gasteiger partial charge in [-0.15, -0.1) is 0 Å². The third-order valence-electron chi connectivity index (χ3n) is 2.76. The lowest BCUT2D eigenvalue weighted by Gasteiger charge is -2.21. The fourth-order valence-electron chi connectivity index (χ4n) is 1.78. The van der Waals surface area contributed by atoms with Crippen LogP contribution in [0.4, 0.5) is 0 Å². The van der Waals surface area contributed by atoms with E-state index in [1.54, 1.807) is 7.11 Å². The maximum Gasteiger partial charge on any atom is 0.320 e. The number of hydrogen-bond acceptors (Lipinski definition) is 3. The predicted molar refractivity (Wildman–Crippen MR) is 66.3 cm³/mol. The van der Waals surface area contributed by atoms with E-state index in [1.165, 1.54) is 0 Å². The number of benzene rings is 1. The van der Waals surface area contributed by atoms with Gasteiger partial charge in [0.05, 0.1) is 7.11 Å². The fraction of sp³-hybridized carbons (Fsp3) is 0.462. The summed E-state index contributed by atoms with van der Waals surface area (Å²) in [6, 6.07) is 7.02. The molecule has 2 atom stereocenters. The lowest BCUT2D eigenvalue weighted by molar-refractivity contribution is -0.139. The summed E-state index contributed by atoms with van der Waals surface area (Å²) in [7, 11) is 1.61. The van der Waals surface area contributed by atoms with Crippen LogP contribution in [0.1, 0.15) is 31.9 Å². The average Bonchev–Trinajstić information content (AvgIpc) is 2.35. The van der Waals surface area contributed by atoms with Crippen molar-refractivity contribution in [3.63, 3.8) is 0 Å². The Labute approximate surface area is 102 Å². The number of hydrogen-bond donors (Lipinski definition) is 2. The number of aliphatic carboxylic acids is 1. The lowest BCUT2D eigenvalue weighted by Crippen LogP contribution is -2.37. The molecular weight excluding hydrogens is 218 g/mol. The number of ether oxygens (including phenoxy) is 1. The number of rotatable bonds is 6. The van der Waals surface area contributed by atoms with E-state index in [0.29, 0.717) is 6.42 Å². The van der Waals surface area contributed by atoms with Crippen molar-refractivity contribution in [2.24, 2.45) is 0 Å². The van der Waals surface area contributed by atoms with Crippen molar-refractivity contribution in [2.75, 3.05) is 7.11 Å². The quantitative estimate of drug-likeness (QED) is 0.796. The number of carboxylic acid groups (broad SMARTS) is 1. The van der Waals surface area contributed by atoms with Crippen LogP contribution in [-0.4, -0.2) is 24.2 Å². The summed E-state index contributed by atoms with van der Waals surface area (Å²) in [6.07, 6.45) is 0.550. The standard InChI is InChI=1S/C13H19NO3/c1-4-11(13(15)16)14-9(2)10-7-5-6-8-12(10)17-3/h5-9,11,14H,4H2,1-3H3,(H,15,16)/t9-,11?/m0/s1. The molecule has 0 aliphatic heterocycles. The third-order valence-corrected chi connectivity index (χ3v) is 2.76. The van der Waals surface area contributed by atoms with Crippen molar-refractivity contribution in [3.8, 4) is 5.75 Å². The van der Waals surface area contributed by atoms with E-state index < -0.39 is 12.0 Å². The second-order valence-corrected chi connectivity index (χ2v) is 3.93. The second kappa shape index (κ2) is 6.25. The van der Waals surface area contributed by atoms with Crippen molar-refractivity contribution in [3.05, 3.63) is 29.8 Å². The van der Waals surface area contributed by atoms with Gasteiger partial charge in [-0.2, -0.15) is 0 Å². The first-order valence-electron chi connectivity index (χ1n) is 5.71. The largest absolute Gasteiger partial charge is 0.496 e. The number of para-hydroxylation sites is 1. The van der Waals surface area contributed by atoms with E-state index in [9.17, 15) is 4.79 Å². The summed E-state index contributed by atoms with van der Waals surface area (Å²) < 4.78 is 5.25. The molecule has 0 saturated heterocycles. The van der Waals surface area contributed by atoms with Gasteiger partial charge in [-0.25, -0.2) is 0 Å². The van der Waals surface area contributed by atoms with Crippen molar-refractivity contribution in [1.82, 2.24) is 5.32 Å². The van der Waals surface area contributed by atoms with Gasteiger partial charge in [0.1, 0.15) is 11.8 Å². The molecule has 0 radical (unpaired) electrons. The van der Waals surface area contributed by atoms with Gasteiger partial charge in [-0.3, -0.25) is 10.1 Å². The molecule has 1 rings (SSSR count). The molecule has 1 aromatic rings. The van der Waals surface area contributed by atoms with Crippen molar-refractivity contribution in [2.45, 2.75) is 32.4 Å². The average molecular weight is 237 g/mol. The van der Waals surface area contributed by atoms with Crippen LogP contribution in [0.15, 0.2) is 24.3 Å². The van der Waals surface area contributed by atoms with E-state index >= 15 is 0 Å². The van der Waals surface area contributed by atoms with E-state index in [0.717, 1.165) is 11.3 Å². The van der Waals surface area contributed by atoms with E-state index in [2.05, 4.69) is 5.32 Å². The van der Waals surface area contributed by atoms with E-state index in [-0.39, 0.29) is 6.04 Å². The van der Waals surface area contributed by atoms with Crippen LogP contribution in [0.25, 0.3) is 0 Å². The molecule has 0 aromatic heterocycles. The number of carboxylic acids is 1. The molecular formula is C13H19NO3. The Morgan fingerprint density at radius 3 is 2.65 bits per heavy atom. The minimum atomic E-state index is -0.825. The van der Waals surface area contributed by atoms with Crippen LogP contribution in [-0.2, 0) is 4.79 Å². The fourth-order valence-corrected chi connectivity index (χ4v) is 1.78. The van der Waals surface area contributed by atoms with Crippen molar-refractivity contribution >= 4 is 5.97 Å². The molecule has 4 heteroatoms. The summed E-state index contributed by atoms with van der Waals surface area (Å²) in [5.41, 5.74) is 0.967. The zero-order chi connectivity index (χ0) is 12.8. The van der Waals surface area contributed by atoms with Crippen LogP contribution in [0, 0.1) is 0 Å². The number of methoxy groups -OCH3 is 1. The molecule has 0 aliphatic rings. The summed E-state index contributed by atoms with van der Waals surface area (Å²) in [5, 5.41) is 12.1. The van der Waals surface area contributed by atoms with E-state index in [1.807, 2.05) is 38.1 Å².